The third kappa shape index (κ3) is 2.64. The molecule has 18 heavy (non-hydrogen) atoms. The summed E-state index contributed by atoms with van der Waals surface area (Å²) in [4.78, 5) is 13.1. The minimum Gasteiger partial charge on any atom is -0.497 e. The van der Waals surface area contributed by atoms with Gasteiger partial charge in [-0.3, -0.25) is 4.79 Å². The van der Waals surface area contributed by atoms with Gasteiger partial charge >= 0.3 is 0 Å². The maximum absolute atomic E-state index is 11.3. The van der Waals surface area contributed by atoms with Gasteiger partial charge in [-0.1, -0.05) is 12.1 Å². The molecule has 1 aromatic carbocycles. The van der Waals surface area contributed by atoms with E-state index in [4.69, 9.17) is 10.5 Å². The summed E-state index contributed by atoms with van der Waals surface area (Å²) in [5.41, 5.74) is 7.41. The second kappa shape index (κ2) is 5.40. The fourth-order valence-electron chi connectivity index (χ4n) is 2.53. The van der Waals surface area contributed by atoms with Gasteiger partial charge < -0.3 is 15.4 Å². The van der Waals surface area contributed by atoms with E-state index >= 15 is 0 Å². The maximum atomic E-state index is 11.3. The van der Waals surface area contributed by atoms with Crippen LogP contribution in [0, 0.1) is 0 Å². The van der Waals surface area contributed by atoms with Gasteiger partial charge in [0.25, 0.3) is 0 Å². The molecule has 0 bridgehead atoms. The number of amides is 1. The van der Waals surface area contributed by atoms with Gasteiger partial charge in [0.05, 0.1) is 7.11 Å². The van der Waals surface area contributed by atoms with Crippen LogP contribution in [0.15, 0.2) is 24.3 Å². The SMILES string of the molecule is COc1ccc(C2CCN(C(C)=O)CC2N)cc1. The Morgan fingerprint density at radius 1 is 1.39 bits per heavy atom. The highest BCUT2D eigenvalue weighted by Crippen LogP contribution is 2.28. The summed E-state index contributed by atoms with van der Waals surface area (Å²) in [5.74, 6) is 1.29. The van der Waals surface area contributed by atoms with Crippen molar-refractivity contribution in [1.82, 2.24) is 4.90 Å². The molecule has 1 aliphatic rings. The van der Waals surface area contributed by atoms with Gasteiger partial charge in [-0.05, 0) is 24.1 Å². The predicted octanol–water partition coefficient (Wildman–Crippen LogP) is 1.36. The van der Waals surface area contributed by atoms with Crippen LogP contribution in [0.1, 0.15) is 24.8 Å². The van der Waals surface area contributed by atoms with Crippen molar-refractivity contribution in [1.29, 1.82) is 0 Å². The molecule has 0 spiro atoms. The third-order valence-electron chi connectivity index (χ3n) is 3.65. The van der Waals surface area contributed by atoms with Crippen molar-refractivity contribution < 1.29 is 9.53 Å². The molecule has 1 fully saturated rings. The van der Waals surface area contributed by atoms with E-state index in [0.717, 1.165) is 18.7 Å². The predicted molar refractivity (Wildman–Crippen MR) is 70.6 cm³/mol. The highest BCUT2D eigenvalue weighted by atomic mass is 16.5. The van der Waals surface area contributed by atoms with Crippen LogP contribution in [0.5, 0.6) is 5.75 Å². The fourth-order valence-corrected chi connectivity index (χ4v) is 2.53. The number of benzene rings is 1. The van der Waals surface area contributed by atoms with E-state index in [0.29, 0.717) is 12.5 Å². The molecule has 98 valence electrons. The molecule has 0 aliphatic carbocycles. The Hall–Kier alpha value is -1.55. The second-order valence-corrected chi connectivity index (χ2v) is 4.80. The molecule has 4 nitrogen and oxygen atoms in total. The zero-order chi connectivity index (χ0) is 13.1. The zero-order valence-electron chi connectivity index (χ0n) is 10.9. The molecular weight excluding hydrogens is 228 g/mol. The average Bonchev–Trinajstić information content (AvgIpc) is 2.38. The minimum absolute atomic E-state index is 0.0102. The van der Waals surface area contributed by atoms with E-state index < -0.39 is 0 Å². The molecule has 1 amide bonds. The molecule has 2 N–H and O–H groups in total. The van der Waals surface area contributed by atoms with E-state index in [-0.39, 0.29) is 11.9 Å². The van der Waals surface area contributed by atoms with Gasteiger partial charge in [-0.15, -0.1) is 0 Å². The van der Waals surface area contributed by atoms with Crippen LogP contribution >= 0.6 is 0 Å². The van der Waals surface area contributed by atoms with Gasteiger partial charge in [-0.2, -0.15) is 0 Å². The Morgan fingerprint density at radius 3 is 2.56 bits per heavy atom. The summed E-state index contributed by atoms with van der Waals surface area (Å²) in [6.07, 6.45) is 0.924. The topological polar surface area (TPSA) is 55.6 Å². The normalized spacial score (nSPS) is 23.8. The summed E-state index contributed by atoms with van der Waals surface area (Å²) in [7, 11) is 1.66. The highest BCUT2D eigenvalue weighted by Gasteiger charge is 2.28. The monoisotopic (exact) mass is 248 g/mol. The van der Waals surface area contributed by atoms with Crippen molar-refractivity contribution in [3.63, 3.8) is 0 Å². The van der Waals surface area contributed by atoms with Crippen molar-refractivity contribution in [3.05, 3.63) is 29.8 Å². The molecule has 2 atom stereocenters. The molecule has 1 aliphatic heterocycles. The number of hydrogen-bond acceptors (Lipinski definition) is 3. The smallest absolute Gasteiger partial charge is 0.219 e. The van der Waals surface area contributed by atoms with E-state index in [9.17, 15) is 4.79 Å². The lowest BCUT2D eigenvalue weighted by Gasteiger charge is -2.36. The van der Waals surface area contributed by atoms with Gasteiger partial charge in [-0.25, -0.2) is 0 Å². The Labute approximate surface area is 108 Å². The Kier molecular flexibility index (Phi) is 3.87. The molecule has 1 heterocycles. The summed E-state index contributed by atoms with van der Waals surface area (Å²) < 4.78 is 5.15. The molecule has 4 heteroatoms. The van der Waals surface area contributed by atoms with Crippen molar-refractivity contribution in [2.45, 2.75) is 25.3 Å². The lowest BCUT2D eigenvalue weighted by atomic mass is 9.86. The largest absolute Gasteiger partial charge is 0.497 e. The maximum Gasteiger partial charge on any atom is 0.219 e. The number of methoxy groups -OCH3 is 1. The van der Waals surface area contributed by atoms with Gasteiger partial charge in [0.1, 0.15) is 5.75 Å². The van der Waals surface area contributed by atoms with E-state index in [2.05, 4.69) is 12.1 Å². The quantitative estimate of drug-likeness (QED) is 0.859. The molecule has 0 saturated carbocycles. The number of carbonyl (C=O) groups excluding carboxylic acids is 1. The summed E-state index contributed by atoms with van der Waals surface area (Å²) in [6, 6.07) is 8.05. The molecular formula is C14H20N2O2. The summed E-state index contributed by atoms with van der Waals surface area (Å²) in [6.45, 7) is 3.03. The molecule has 1 saturated heterocycles. The first-order chi connectivity index (χ1) is 8.61. The molecule has 2 unspecified atom stereocenters. The summed E-state index contributed by atoms with van der Waals surface area (Å²) in [5, 5.41) is 0. The van der Waals surface area contributed by atoms with Gasteiger partial charge in [0.2, 0.25) is 5.91 Å². The van der Waals surface area contributed by atoms with Crippen molar-refractivity contribution in [2.75, 3.05) is 20.2 Å². The number of ether oxygens (including phenoxy) is 1. The molecule has 0 aromatic heterocycles. The van der Waals surface area contributed by atoms with E-state index in [1.165, 1.54) is 5.56 Å². The van der Waals surface area contributed by atoms with Crippen LogP contribution in [0.3, 0.4) is 0 Å². The zero-order valence-corrected chi connectivity index (χ0v) is 10.9. The number of likely N-dealkylation sites (tertiary alicyclic amines) is 1. The molecule has 1 aromatic rings. The number of hydrogen-bond donors (Lipinski definition) is 1. The lowest BCUT2D eigenvalue weighted by molar-refractivity contribution is -0.130. The average molecular weight is 248 g/mol. The number of nitrogens with two attached hydrogens (primary N) is 1. The lowest BCUT2D eigenvalue weighted by Crippen LogP contribution is -2.48. The van der Waals surface area contributed by atoms with Crippen molar-refractivity contribution in [2.24, 2.45) is 5.73 Å². The minimum atomic E-state index is 0.0102. The molecule has 2 rings (SSSR count). The van der Waals surface area contributed by atoms with E-state index in [1.807, 2.05) is 17.0 Å². The van der Waals surface area contributed by atoms with Crippen LogP contribution in [-0.4, -0.2) is 37.0 Å². The Balaban J connectivity index is 2.07. The van der Waals surface area contributed by atoms with Crippen LogP contribution in [0.4, 0.5) is 0 Å². The first-order valence-electron chi connectivity index (χ1n) is 6.27. The van der Waals surface area contributed by atoms with Crippen molar-refractivity contribution in [3.8, 4) is 5.75 Å². The first-order valence-corrected chi connectivity index (χ1v) is 6.27. The number of rotatable bonds is 2. The molecule has 0 radical (unpaired) electrons. The Morgan fingerprint density at radius 2 is 2.06 bits per heavy atom. The standard InChI is InChI=1S/C14H20N2O2/c1-10(17)16-8-7-13(14(15)9-16)11-3-5-12(18-2)6-4-11/h3-6,13-14H,7-9,15H2,1-2H3. The second-order valence-electron chi connectivity index (χ2n) is 4.80. The van der Waals surface area contributed by atoms with E-state index in [1.54, 1.807) is 14.0 Å². The number of carbonyl (C=O) groups is 1. The number of nitrogens with zero attached hydrogens (tertiary/aromatic N) is 1. The van der Waals surface area contributed by atoms with Crippen LogP contribution in [-0.2, 0) is 4.79 Å². The van der Waals surface area contributed by atoms with Crippen molar-refractivity contribution >= 4 is 5.91 Å². The van der Waals surface area contributed by atoms with Crippen LogP contribution < -0.4 is 10.5 Å². The third-order valence-corrected chi connectivity index (χ3v) is 3.65. The fraction of sp³-hybridized carbons (Fsp3) is 0.500. The van der Waals surface area contributed by atoms with Crippen LogP contribution in [0.2, 0.25) is 0 Å². The highest BCUT2D eigenvalue weighted by molar-refractivity contribution is 5.73. The van der Waals surface area contributed by atoms with Crippen LogP contribution in [0.25, 0.3) is 0 Å². The first kappa shape index (κ1) is 12.9. The van der Waals surface area contributed by atoms with Gasteiger partial charge in [0.15, 0.2) is 0 Å². The number of piperidine rings is 1. The Bertz CT molecular complexity index is 416. The summed E-state index contributed by atoms with van der Waals surface area (Å²) >= 11 is 0. The van der Waals surface area contributed by atoms with Gasteiger partial charge in [0, 0.05) is 32.0 Å².